The van der Waals surface area contributed by atoms with Gasteiger partial charge >= 0.3 is 0 Å². The van der Waals surface area contributed by atoms with Crippen LogP contribution in [0, 0.1) is 23.2 Å². The summed E-state index contributed by atoms with van der Waals surface area (Å²) in [5.74, 6) is 3.36. The average molecular weight is 350 g/mol. The molecule has 4 aliphatic carbocycles. The molecule has 0 spiro atoms. The van der Waals surface area contributed by atoms with Crippen molar-refractivity contribution in [2.75, 3.05) is 4.90 Å². The monoisotopic (exact) mass is 350 g/mol. The molecule has 26 heavy (non-hydrogen) atoms. The Kier molecular flexibility index (Phi) is 3.70. The lowest BCUT2D eigenvalue weighted by molar-refractivity contribution is -0.143. The Morgan fingerprint density at radius 1 is 1.15 bits per heavy atom. The molecule has 4 heteroatoms. The molecule has 1 unspecified atom stereocenters. The van der Waals surface area contributed by atoms with Gasteiger partial charge in [-0.2, -0.15) is 0 Å². The second-order valence-corrected chi connectivity index (χ2v) is 8.78. The lowest BCUT2D eigenvalue weighted by Crippen LogP contribution is -2.55. The summed E-state index contributed by atoms with van der Waals surface area (Å²) in [4.78, 5) is 20.2. The predicted molar refractivity (Wildman–Crippen MR) is 99.5 cm³/mol. The van der Waals surface area contributed by atoms with Crippen molar-refractivity contribution in [2.45, 2.75) is 51.5 Å². The minimum atomic E-state index is -0.175. The van der Waals surface area contributed by atoms with Crippen molar-refractivity contribution >= 4 is 11.6 Å². The molecule has 4 bridgehead atoms. The minimum Gasteiger partial charge on any atom is -0.467 e. The van der Waals surface area contributed by atoms with E-state index in [4.69, 9.17) is 4.42 Å². The number of carbonyl (C=O) groups is 1. The number of pyridine rings is 1. The molecular formula is C22H26N2O2. The van der Waals surface area contributed by atoms with Crippen LogP contribution >= 0.6 is 0 Å². The van der Waals surface area contributed by atoms with Gasteiger partial charge in [-0.05, 0) is 87.5 Å². The predicted octanol–water partition coefficient (Wildman–Crippen LogP) is 4.99. The standard InChI is InChI=1S/C22H26N2O2/c1-15(20-5-3-7-26-20)24(19-4-2-6-23-14-19)21(25)22-11-16-8-17(12-22)10-18(9-16)13-22/h2-7,14-18H,8-13H2,1H3. The lowest BCUT2D eigenvalue weighted by atomic mass is 9.49. The van der Waals surface area contributed by atoms with Gasteiger partial charge in [0, 0.05) is 6.20 Å². The van der Waals surface area contributed by atoms with Crippen LogP contribution in [0.2, 0.25) is 0 Å². The average Bonchev–Trinajstić information content (AvgIpc) is 3.16. The van der Waals surface area contributed by atoms with Crippen molar-refractivity contribution in [2.24, 2.45) is 23.2 Å². The Balaban J connectivity index is 1.53. The van der Waals surface area contributed by atoms with Crippen molar-refractivity contribution in [1.29, 1.82) is 0 Å². The Morgan fingerprint density at radius 2 is 1.85 bits per heavy atom. The number of hydrogen-bond donors (Lipinski definition) is 0. The SMILES string of the molecule is CC(c1ccco1)N(C(=O)C12CC3CC(CC(C3)C1)C2)c1cccnc1. The highest BCUT2D eigenvalue weighted by atomic mass is 16.3. The largest absolute Gasteiger partial charge is 0.467 e. The van der Waals surface area contributed by atoms with Gasteiger partial charge < -0.3 is 4.42 Å². The van der Waals surface area contributed by atoms with Gasteiger partial charge in [-0.25, -0.2) is 0 Å². The highest BCUT2D eigenvalue weighted by Gasteiger charge is 2.56. The Morgan fingerprint density at radius 3 is 2.38 bits per heavy atom. The summed E-state index contributed by atoms with van der Waals surface area (Å²) in [7, 11) is 0. The molecule has 0 saturated heterocycles. The summed E-state index contributed by atoms with van der Waals surface area (Å²) in [6.45, 7) is 2.06. The van der Waals surface area contributed by atoms with Crippen LogP contribution in [0.4, 0.5) is 5.69 Å². The molecule has 4 aliphatic rings. The zero-order valence-corrected chi connectivity index (χ0v) is 15.3. The molecule has 0 aliphatic heterocycles. The normalized spacial score (nSPS) is 33.2. The third-order valence-corrected chi connectivity index (χ3v) is 6.98. The smallest absolute Gasteiger partial charge is 0.233 e. The van der Waals surface area contributed by atoms with Crippen LogP contribution in [0.3, 0.4) is 0 Å². The highest BCUT2D eigenvalue weighted by molar-refractivity contribution is 5.98. The van der Waals surface area contributed by atoms with Gasteiger partial charge in [-0.15, -0.1) is 0 Å². The van der Waals surface area contributed by atoms with Gasteiger partial charge in [0.05, 0.1) is 29.6 Å². The fraction of sp³-hybridized carbons (Fsp3) is 0.545. The first kappa shape index (κ1) is 16.1. The van der Waals surface area contributed by atoms with Crippen molar-refractivity contribution in [3.05, 3.63) is 48.7 Å². The summed E-state index contributed by atoms with van der Waals surface area (Å²) in [5, 5.41) is 0. The molecule has 136 valence electrons. The number of aromatic nitrogens is 1. The number of carbonyl (C=O) groups excluding carboxylic acids is 1. The molecule has 2 heterocycles. The molecule has 4 fully saturated rings. The number of furan rings is 1. The van der Waals surface area contributed by atoms with Crippen LogP contribution in [0.5, 0.6) is 0 Å². The van der Waals surface area contributed by atoms with Crippen molar-refractivity contribution in [3.63, 3.8) is 0 Å². The first-order valence-corrected chi connectivity index (χ1v) is 9.92. The van der Waals surface area contributed by atoms with E-state index in [0.29, 0.717) is 0 Å². The number of nitrogens with zero attached hydrogens (tertiary/aromatic N) is 2. The number of rotatable bonds is 4. The molecule has 0 aromatic carbocycles. The maximum atomic E-state index is 14.0. The zero-order chi connectivity index (χ0) is 17.7. The van der Waals surface area contributed by atoms with Crippen molar-refractivity contribution in [3.8, 4) is 0 Å². The second-order valence-electron chi connectivity index (χ2n) is 8.78. The quantitative estimate of drug-likeness (QED) is 0.781. The maximum Gasteiger partial charge on any atom is 0.233 e. The summed E-state index contributed by atoms with van der Waals surface area (Å²) < 4.78 is 5.65. The van der Waals surface area contributed by atoms with Gasteiger partial charge in [-0.1, -0.05) is 0 Å². The van der Waals surface area contributed by atoms with E-state index in [9.17, 15) is 4.79 Å². The summed E-state index contributed by atoms with van der Waals surface area (Å²) in [6.07, 6.45) is 12.5. The molecule has 4 saturated carbocycles. The van der Waals surface area contributed by atoms with Gasteiger partial charge in [0.15, 0.2) is 0 Å². The lowest BCUT2D eigenvalue weighted by Gasteiger charge is -2.56. The van der Waals surface area contributed by atoms with E-state index >= 15 is 0 Å². The Labute approximate surface area is 154 Å². The molecule has 0 radical (unpaired) electrons. The van der Waals surface area contributed by atoms with E-state index in [0.717, 1.165) is 48.5 Å². The Bertz CT molecular complexity index is 748. The number of amides is 1. The summed E-state index contributed by atoms with van der Waals surface area (Å²) in [5.41, 5.74) is 0.697. The van der Waals surface area contributed by atoms with E-state index in [1.54, 1.807) is 18.7 Å². The molecule has 2 aromatic rings. The van der Waals surface area contributed by atoms with Crippen LogP contribution in [-0.4, -0.2) is 10.9 Å². The minimum absolute atomic E-state index is 0.130. The second kappa shape index (κ2) is 5.97. The van der Waals surface area contributed by atoms with Crippen molar-refractivity contribution < 1.29 is 9.21 Å². The fourth-order valence-corrected chi connectivity index (χ4v) is 6.30. The van der Waals surface area contributed by atoms with Gasteiger partial charge in [-0.3, -0.25) is 14.7 Å². The van der Waals surface area contributed by atoms with Crippen molar-refractivity contribution in [1.82, 2.24) is 4.98 Å². The van der Waals surface area contributed by atoms with Crippen LogP contribution in [0.1, 0.15) is 57.3 Å². The fourth-order valence-electron chi connectivity index (χ4n) is 6.30. The third-order valence-electron chi connectivity index (χ3n) is 6.98. The third kappa shape index (κ3) is 2.50. The molecule has 0 N–H and O–H groups in total. The molecule has 2 aromatic heterocycles. The van der Waals surface area contributed by atoms with E-state index in [1.165, 1.54) is 19.3 Å². The molecular weight excluding hydrogens is 324 g/mol. The maximum absolute atomic E-state index is 14.0. The van der Waals surface area contributed by atoms with Gasteiger partial charge in [0.2, 0.25) is 5.91 Å². The van der Waals surface area contributed by atoms with E-state index in [-0.39, 0.29) is 17.4 Å². The highest BCUT2D eigenvalue weighted by Crippen LogP contribution is 2.61. The number of hydrogen-bond acceptors (Lipinski definition) is 3. The van der Waals surface area contributed by atoms with Gasteiger partial charge in [0.25, 0.3) is 0 Å². The first-order valence-electron chi connectivity index (χ1n) is 9.92. The summed E-state index contributed by atoms with van der Waals surface area (Å²) in [6, 6.07) is 7.62. The molecule has 1 atom stereocenters. The van der Waals surface area contributed by atoms with Crippen LogP contribution in [-0.2, 0) is 4.79 Å². The summed E-state index contributed by atoms with van der Waals surface area (Å²) >= 11 is 0. The van der Waals surface area contributed by atoms with Crippen LogP contribution in [0.15, 0.2) is 47.3 Å². The zero-order valence-electron chi connectivity index (χ0n) is 15.3. The molecule has 1 amide bonds. The Hall–Kier alpha value is -2.10. The van der Waals surface area contributed by atoms with E-state index in [1.807, 2.05) is 29.2 Å². The number of anilines is 1. The van der Waals surface area contributed by atoms with Crippen LogP contribution in [0.25, 0.3) is 0 Å². The topological polar surface area (TPSA) is 46.3 Å². The first-order chi connectivity index (χ1) is 12.6. The van der Waals surface area contributed by atoms with E-state index in [2.05, 4.69) is 11.9 Å². The van der Waals surface area contributed by atoms with E-state index < -0.39 is 0 Å². The molecule has 4 nitrogen and oxygen atoms in total. The van der Waals surface area contributed by atoms with Crippen LogP contribution < -0.4 is 4.90 Å². The molecule has 6 rings (SSSR count). The van der Waals surface area contributed by atoms with Gasteiger partial charge in [0.1, 0.15) is 5.76 Å².